The Morgan fingerprint density at radius 3 is 2.69 bits per heavy atom. The number of halogens is 1. The molecule has 0 bridgehead atoms. The predicted octanol–water partition coefficient (Wildman–Crippen LogP) is 3.62. The lowest BCUT2D eigenvalue weighted by Crippen LogP contribution is -2.36. The standard InChI is InChI=1S/C22H19FN6O2S/c23-15-3-1-4-16(13-15)29-21(18-5-2-12-32-18)26-20(27-29)22(30)25-19-7-6-17(14-24-19)28-8-10-31-11-9-28/h1-7,12-14H,8-11H2,(H,24,25,30). The minimum atomic E-state index is -0.496. The molecule has 1 N–H and O–H groups in total. The second-order valence-corrected chi connectivity index (χ2v) is 8.03. The van der Waals surface area contributed by atoms with Crippen LogP contribution in [-0.2, 0) is 4.74 Å². The summed E-state index contributed by atoms with van der Waals surface area (Å²) in [5.74, 6) is -0.0647. The van der Waals surface area contributed by atoms with Crippen molar-refractivity contribution in [1.82, 2.24) is 19.7 Å². The summed E-state index contributed by atoms with van der Waals surface area (Å²) in [5.41, 5.74) is 1.45. The molecule has 4 aromatic rings. The van der Waals surface area contributed by atoms with Crippen LogP contribution in [0.25, 0.3) is 16.4 Å². The topological polar surface area (TPSA) is 85.2 Å². The number of ether oxygens (including phenoxy) is 1. The molecule has 1 amide bonds. The molecule has 10 heteroatoms. The lowest BCUT2D eigenvalue weighted by molar-refractivity contribution is 0.101. The highest BCUT2D eigenvalue weighted by molar-refractivity contribution is 7.13. The van der Waals surface area contributed by atoms with Crippen LogP contribution >= 0.6 is 11.3 Å². The number of pyridine rings is 1. The second kappa shape index (κ2) is 8.85. The van der Waals surface area contributed by atoms with E-state index in [2.05, 4.69) is 25.3 Å². The van der Waals surface area contributed by atoms with Gasteiger partial charge in [-0.15, -0.1) is 16.4 Å². The number of anilines is 2. The molecule has 0 atom stereocenters. The monoisotopic (exact) mass is 450 g/mol. The summed E-state index contributed by atoms with van der Waals surface area (Å²) in [6, 6.07) is 13.4. The zero-order valence-electron chi connectivity index (χ0n) is 16.9. The molecule has 0 unspecified atom stereocenters. The third kappa shape index (κ3) is 4.23. The van der Waals surface area contributed by atoms with Crippen LogP contribution in [0.2, 0.25) is 0 Å². The summed E-state index contributed by atoms with van der Waals surface area (Å²) in [6.07, 6.45) is 1.72. The van der Waals surface area contributed by atoms with Crippen molar-refractivity contribution in [3.05, 3.63) is 71.7 Å². The van der Waals surface area contributed by atoms with E-state index < -0.39 is 11.7 Å². The van der Waals surface area contributed by atoms with E-state index >= 15 is 0 Å². The van der Waals surface area contributed by atoms with Gasteiger partial charge >= 0.3 is 0 Å². The molecular formula is C22H19FN6O2S. The second-order valence-electron chi connectivity index (χ2n) is 7.08. The number of rotatable bonds is 5. The van der Waals surface area contributed by atoms with Gasteiger partial charge in [0.15, 0.2) is 5.82 Å². The number of benzene rings is 1. The Labute approximate surface area is 187 Å². The molecule has 1 fully saturated rings. The van der Waals surface area contributed by atoms with Crippen LogP contribution < -0.4 is 10.2 Å². The zero-order chi connectivity index (χ0) is 21.9. The lowest BCUT2D eigenvalue weighted by atomic mass is 10.3. The number of aromatic nitrogens is 4. The quantitative estimate of drug-likeness (QED) is 0.500. The summed E-state index contributed by atoms with van der Waals surface area (Å²) < 4.78 is 20.6. The van der Waals surface area contributed by atoms with Gasteiger partial charge in [-0.25, -0.2) is 19.0 Å². The first-order chi connectivity index (χ1) is 15.7. The fraction of sp³-hybridized carbons (Fsp3) is 0.182. The summed E-state index contributed by atoms with van der Waals surface area (Å²) >= 11 is 1.46. The van der Waals surface area contributed by atoms with E-state index in [9.17, 15) is 9.18 Å². The molecule has 0 spiro atoms. The molecule has 1 saturated heterocycles. The van der Waals surface area contributed by atoms with E-state index in [1.54, 1.807) is 24.4 Å². The number of hydrogen-bond donors (Lipinski definition) is 1. The highest BCUT2D eigenvalue weighted by Crippen LogP contribution is 2.26. The molecule has 1 aliphatic rings. The van der Waals surface area contributed by atoms with Crippen molar-refractivity contribution in [2.45, 2.75) is 0 Å². The minimum Gasteiger partial charge on any atom is -0.378 e. The van der Waals surface area contributed by atoms with E-state index in [1.165, 1.54) is 28.2 Å². The number of nitrogens with one attached hydrogen (secondary N) is 1. The van der Waals surface area contributed by atoms with Gasteiger partial charge in [-0.05, 0) is 41.8 Å². The average molecular weight is 450 g/mol. The number of nitrogens with zero attached hydrogens (tertiary/aromatic N) is 5. The first-order valence-corrected chi connectivity index (χ1v) is 10.9. The molecule has 162 valence electrons. The fourth-order valence-electron chi connectivity index (χ4n) is 3.40. The van der Waals surface area contributed by atoms with Crippen molar-refractivity contribution in [3.8, 4) is 16.4 Å². The third-order valence-electron chi connectivity index (χ3n) is 4.97. The maximum Gasteiger partial charge on any atom is 0.296 e. The molecule has 3 aromatic heterocycles. The molecule has 32 heavy (non-hydrogen) atoms. The third-order valence-corrected chi connectivity index (χ3v) is 5.84. The zero-order valence-corrected chi connectivity index (χ0v) is 17.8. The van der Waals surface area contributed by atoms with Crippen LogP contribution in [0.15, 0.2) is 60.1 Å². The van der Waals surface area contributed by atoms with Crippen LogP contribution in [0.5, 0.6) is 0 Å². The van der Waals surface area contributed by atoms with Gasteiger partial charge < -0.3 is 15.0 Å². The van der Waals surface area contributed by atoms with Crippen LogP contribution in [0.3, 0.4) is 0 Å². The Hall–Kier alpha value is -3.63. The first-order valence-electron chi connectivity index (χ1n) is 10.0. The number of hydrogen-bond acceptors (Lipinski definition) is 7. The molecule has 0 radical (unpaired) electrons. The summed E-state index contributed by atoms with van der Waals surface area (Å²) in [6.45, 7) is 2.98. The number of morpholine rings is 1. The van der Waals surface area contributed by atoms with Crippen molar-refractivity contribution in [2.24, 2.45) is 0 Å². The fourth-order valence-corrected chi connectivity index (χ4v) is 4.10. The van der Waals surface area contributed by atoms with Crippen LogP contribution in [0, 0.1) is 5.82 Å². The van der Waals surface area contributed by atoms with Crippen LogP contribution in [-0.4, -0.2) is 52.0 Å². The number of carbonyl (C=O) groups excluding carboxylic acids is 1. The van der Waals surface area contributed by atoms with E-state index in [1.807, 2.05) is 23.6 Å². The van der Waals surface area contributed by atoms with E-state index in [0.717, 1.165) is 23.7 Å². The largest absolute Gasteiger partial charge is 0.378 e. The molecular weight excluding hydrogens is 431 g/mol. The van der Waals surface area contributed by atoms with Gasteiger partial charge in [-0.2, -0.15) is 0 Å². The van der Waals surface area contributed by atoms with Gasteiger partial charge in [-0.3, -0.25) is 4.79 Å². The van der Waals surface area contributed by atoms with Crippen molar-refractivity contribution in [3.63, 3.8) is 0 Å². The van der Waals surface area contributed by atoms with E-state index in [-0.39, 0.29) is 5.82 Å². The highest BCUT2D eigenvalue weighted by Gasteiger charge is 2.20. The van der Waals surface area contributed by atoms with Crippen molar-refractivity contribution >= 4 is 28.7 Å². The Bertz CT molecular complexity index is 1220. The van der Waals surface area contributed by atoms with Gasteiger partial charge in [0.25, 0.3) is 5.91 Å². The smallest absolute Gasteiger partial charge is 0.296 e. The predicted molar refractivity (Wildman–Crippen MR) is 120 cm³/mol. The molecule has 8 nitrogen and oxygen atoms in total. The SMILES string of the molecule is O=C(Nc1ccc(N2CCOCC2)cn1)c1nc(-c2cccs2)n(-c2cccc(F)c2)n1. The molecule has 1 aromatic carbocycles. The first kappa shape index (κ1) is 20.3. The van der Waals surface area contributed by atoms with Gasteiger partial charge in [0.1, 0.15) is 11.6 Å². The van der Waals surface area contributed by atoms with Crippen molar-refractivity contribution < 1.29 is 13.9 Å². The molecule has 4 heterocycles. The van der Waals surface area contributed by atoms with E-state index in [4.69, 9.17) is 4.74 Å². The van der Waals surface area contributed by atoms with E-state index in [0.29, 0.717) is 30.5 Å². The molecule has 5 rings (SSSR count). The maximum absolute atomic E-state index is 13.8. The van der Waals surface area contributed by atoms with Gasteiger partial charge in [-0.1, -0.05) is 12.1 Å². The average Bonchev–Trinajstić information content (AvgIpc) is 3.50. The summed E-state index contributed by atoms with van der Waals surface area (Å²) in [4.78, 5) is 24.6. The van der Waals surface area contributed by atoms with Gasteiger partial charge in [0, 0.05) is 13.1 Å². The maximum atomic E-state index is 13.8. The Morgan fingerprint density at radius 2 is 1.97 bits per heavy atom. The lowest BCUT2D eigenvalue weighted by Gasteiger charge is -2.28. The number of amides is 1. The number of carbonyl (C=O) groups is 1. The summed E-state index contributed by atoms with van der Waals surface area (Å²) in [5, 5.41) is 8.99. The normalized spacial score (nSPS) is 13.8. The summed E-state index contributed by atoms with van der Waals surface area (Å²) in [7, 11) is 0. The van der Waals surface area contributed by atoms with Gasteiger partial charge in [0.2, 0.25) is 5.82 Å². The Morgan fingerprint density at radius 1 is 1.09 bits per heavy atom. The number of thiophene rings is 1. The molecule has 1 aliphatic heterocycles. The van der Waals surface area contributed by atoms with Crippen LogP contribution in [0.1, 0.15) is 10.6 Å². The molecule has 0 aliphatic carbocycles. The molecule has 0 saturated carbocycles. The van der Waals surface area contributed by atoms with Crippen LogP contribution in [0.4, 0.5) is 15.9 Å². The Kier molecular flexibility index (Phi) is 5.61. The minimum absolute atomic E-state index is 0.0308. The van der Waals surface area contributed by atoms with Gasteiger partial charge in [0.05, 0.1) is 35.7 Å². The Balaban J connectivity index is 1.39. The van der Waals surface area contributed by atoms with Crippen molar-refractivity contribution in [2.75, 3.05) is 36.5 Å². The van der Waals surface area contributed by atoms with Crippen molar-refractivity contribution in [1.29, 1.82) is 0 Å². The highest BCUT2D eigenvalue weighted by atomic mass is 32.1.